The number of aliphatic carboxylic acids is 1. The van der Waals surface area contributed by atoms with Crippen LogP contribution in [-0.2, 0) is 14.3 Å². The number of carbonyl (C=O) groups excluding carboxylic acids is 1. The van der Waals surface area contributed by atoms with Crippen molar-refractivity contribution in [2.75, 3.05) is 0 Å². The predicted octanol–water partition coefficient (Wildman–Crippen LogP) is 3.17. The minimum atomic E-state index is -0.846. The van der Waals surface area contributed by atoms with Gasteiger partial charge in [0, 0.05) is 0 Å². The fourth-order valence-electron chi connectivity index (χ4n) is 3.22. The van der Waals surface area contributed by atoms with Crippen LogP contribution in [0.5, 0.6) is 0 Å². The minimum Gasteiger partial charge on any atom is -0.481 e. The fourth-order valence-corrected chi connectivity index (χ4v) is 3.22. The highest BCUT2D eigenvalue weighted by Gasteiger charge is 2.61. The van der Waals surface area contributed by atoms with Crippen molar-refractivity contribution in [3.8, 4) is 0 Å². The first-order valence-corrected chi connectivity index (χ1v) is 7.52. The van der Waals surface area contributed by atoms with E-state index in [-0.39, 0.29) is 35.7 Å². The van der Waals surface area contributed by atoms with Crippen LogP contribution in [0.15, 0.2) is 12.2 Å². The number of carboxylic acid groups (broad SMARTS) is 1. The van der Waals surface area contributed by atoms with Crippen LogP contribution in [0.2, 0.25) is 0 Å². The van der Waals surface area contributed by atoms with E-state index in [9.17, 15) is 9.59 Å². The Balaban J connectivity index is 1.86. The van der Waals surface area contributed by atoms with Gasteiger partial charge in [0.25, 0.3) is 0 Å². The molecule has 0 amide bonds. The van der Waals surface area contributed by atoms with E-state index in [0.717, 1.165) is 25.7 Å². The van der Waals surface area contributed by atoms with Crippen molar-refractivity contribution in [3.05, 3.63) is 12.2 Å². The summed E-state index contributed by atoms with van der Waals surface area (Å²) in [5.74, 6) is -0.958. The molecule has 0 spiro atoms. The highest BCUT2D eigenvalue weighted by molar-refractivity contribution is 5.78. The zero-order chi connectivity index (χ0) is 14.8. The number of ether oxygens (including phenoxy) is 1. The van der Waals surface area contributed by atoms with Crippen LogP contribution < -0.4 is 0 Å². The van der Waals surface area contributed by atoms with Gasteiger partial charge in [0.2, 0.25) is 0 Å². The third kappa shape index (κ3) is 3.41. The van der Waals surface area contributed by atoms with Gasteiger partial charge in [-0.2, -0.15) is 0 Å². The van der Waals surface area contributed by atoms with Gasteiger partial charge in [-0.25, -0.2) is 0 Å². The van der Waals surface area contributed by atoms with E-state index >= 15 is 0 Å². The summed E-state index contributed by atoms with van der Waals surface area (Å²) in [5.41, 5.74) is -0.110. The summed E-state index contributed by atoms with van der Waals surface area (Å²) >= 11 is 0. The molecule has 2 saturated carbocycles. The molecule has 20 heavy (non-hydrogen) atoms. The van der Waals surface area contributed by atoms with Gasteiger partial charge in [-0.15, -0.1) is 0 Å². The van der Waals surface area contributed by atoms with E-state index < -0.39 is 5.97 Å². The molecule has 112 valence electrons. The first kappa shape index (κ1) is 15.1. The molecule has 0 heterocycles. The molecule has 0 bridgehead atoms. The normalized spacial score (nSPS) is 29.3. The number of esters is 1. The Morgan fingerprint density at radius 2 is 1.90 bits per heavy atom. The zero-order valence-corrected chi connectivity index (χ0v) is 12.3. The lowest BCUT2D eigenvalue weighted by Gasteiger charge is -2.22. The third-order valence-electron chi connectivity index (χ3n) is 4.64. The topological polar surface area (TPSA) is 63.6 Å². The molecule has 2 aliphatic carbocycles. The Hall–Kier alpha value is -1.32. The van der Waals surface area contributed by atoms with Crippen molar-refractivity contribution in [1.82, 2.24) is 0 Å². The Kier molecular flexibility index (Phi) is 4.51. The van der Waals surface area contributed by atoms with E-state index in [0.29, 0.717) is 0 Å². The average molecular weight is 280 g/mol. The molecule has 2 rings (SSSR count). The van der Waals surface area contributed by atoms with Crippen molar-refractivity contribution >= 4 is 11.9 Å². The maximum absolute atomic E-state index is 12.2. The van der Waals surface area contributed by atoms with Crippen LogP contribution in [0.4, 0.5) is 0 Å². The maximum Gasteiger partial charge on any atom is 0.310 e. The molecular weight excluding hydrogens is 256 g/mol. The lowest BCUT2D eigenvalue weighted by Crippen LogP contribution is -2.23. The number of carbonyl (C=O) groups is 2. The van der Waals surface area contributed by atoms with Gasteiger partial charge < -0.3 is 9.84 Å². The number of allylic oxidation sites excluding steroid dienone is 1. The first-order chi connectivity index (χ1) is 9.43. The van der Waals surface area contributed by atoms with Gasteiger partial charge in [-0.3, -0.25) is 9.59 Å². The highest BCUT2D eigenvalue weighted by atomic mass is 16.5. The number of hydrogen-bond donors (Lipinski definition) is 1. The van der Waals surface area contributed by atoms with Gasteiger partial charge in [0.1, 0.15) is 6.10 Å². The Morgan fingerprint density at radius 3 is 2.50 bits per heavy atom. The highest BCUT2D eigenvalue weighted by Crippen LogP contribution is 2.59. The monoisotopic (exact) mass is 280 g/mol. The van der Waals surface area contributed by atoms with Crippen LogP contribution >= 0.6 is 0 Å². The number of rotatable bonds is 5. The second kappa shape index (κ2) is 5.98. The second-order valence-electron chi connectivity index (χ2n) is 6.55. The summed E-state index contributed by atoms with van der Waals surface area (Å²) in [6.07, 6.45) is 9.11. The molecule has 2 unspecified atom stereocenters. The van der Waals surface area contributed by atoms with Crippen molar-refractivity contribution in [1.29, 1.82) is 0 Å². The summed E-state index contributed by atoms with van der Waals surface area (Å²) in [5, 5.41) is 8.63. The summed E-state index contributed by atoms with van der Waals surface area (Å²) in [6, 6.07) is 0. The van der Waals surface area contributed by atoms with Crippen LogP contribution in [0.25, 0.3) is 0 Å². The molecule has 2 atom stereocenters. The molecule has 2 aliphatic rings. The smallest absolute Gasteiger partial charge is 0.310 e. The van der Waals surface area contributed by atoms with Crippen molar-refractivity contribution in [2.24, 2.45) is 17.3 Å². The Labute approximate surface area is 120 Å². The van der Waals surface area contributed by atoms with E-state index in [1.807, 2.05) is 19.9 Å². The molecule has 0 radical (unpaired) electrons. The molecule has 4 nitrogen and oxygen atoms in total. The molecule has 1 N–H and O–H groups in total. The zero-order valence-electron chi connectivity index (χ0n) is 12.3. The first-order valence-electron chi connectivity index (χ1n) is 7.52. The van der Waals surface area contributed by atoms with Gasteiger partial charge in [0.15, 0.2) is 0 Å². The predicted molar refractivity (Wildman–Crippen MR) is 75.1 cm³/mol. The summed E-state index contributed by atoms with van der Waals surface area (Å²) in [4.78, 5) is 22.7. The van der Waals surface area contributed by atoms with E-state index in [2.05, 4.69) is 0 Å². The fraction of sp³-hybridized carbons (Fsp3) is 0.750. The molecule has 2 fully saturated rings. The maximum atomic E-state index is 12.2. The molecule has 0 aromatic heterocycles. The van der Waals surface area contributed by atoms with E-state index in [4.69, 9.17) is 9.84 Å². The second-order valence-corrected chi connectivity index (χ2v) is 6.55. The van der Waals surface area contributed by atoms with Crippen molar-refractivity contribution in [3.63, 3.8) is 0 Å². The summed E-state index contributed by atoms with van der Waals surface area (Å²) in [6.45, 7) is 4.07. The minimum absolute atomic E-state index is 0.0109. The van der Waals surface area contributed by atoms with Crippen LogP contribution in [-0.4, -0.2) is 23.1 Å². The van der Waals surface area contributed by atoms with Crippen molar-refractivity contribution in [2.45, 2.75) is 58.5 Å². The van der Waals surface area contributed by atoms with E-state index in [1.165, 1.54) is 6.42 Å². The molecular formula is C16H24O4. The van der Waals surface area contributed by atoms with Crippen molar-refractivity contribution < 1.29 is 19.4 Å². The number of carboxylic acids is 1. The molecule has 0 aromatic carbocycles. The standard InChI is InChI=1S/C16H24O4/c1-16(2)12(9-6-10-13(17)18)14(16)15(19)20-11-7-4-3-5-8-11/h6,9,11-12,14H,3-5,7-8,10H2,1-2H3,(H,17,18). The van der Waals surface area contributed by atoms with Gasteiger partial charge in [0.05, 0.1) is 12.3 Å². The molecule has 4 heteroatoms. The van der Waals surface area contributed by atoms with Gasteiger partial charge in [-0.1, -0.05) is 32.4 Å². The van der Waals surface area contributed by atoms with Gasteiger partial charge in [-0.05, 0) is 37.0 Å². The van der Waals surface area contributed by atoms with Gasteiger partial charge >= 0.3 is 11.9 Å². The number of hydrogen-bond acceptors (Lipinski definition) is 3. The Morgan fingerprint density at radius 1 is 1.25 bits per heavy atom. The summed E-state index contributed by atoms with van der Waals surface area (Å²) < 4.78 is 5.62. The van der Waals surface area contributed by atoms with E-state index in [1.54, 1.807) is 6.08 Å². The van der Waals surface area contributed by atoms with Crippen LogP contribution in [0, 0.1) is 17.3 Å². The molecule has 0 aromatic rings. The SMILES string of the molecule is CC1(C)C(C=CCC(=O)O)C1C(=O)OC1CCCCC1. The lowest BCUT2D eigenvalue weighted by atomic mass is 9.98. The summed E-state index contributed by atoms with van der Waals surface area (Å²) in [7, 11) is 0. The largest absolute Gasteiger partial charge is 0.481 e. The lowest BCUT2D eigenvalue weighted by molar-refractivity contribution is -0.153. The molecule has 0 aliphatic heterocycles. The third-order valence-corrected chi connectivity index (χ3v) is 4.64. The Bertz CT molecular complexity index is 405. The van der Waals surface area contributed by atoms with Crippen LogP contribution in [0.1, 0.15) is 52.4 Å². The molecule has 0 saturated heterocycles. The average Bonchev–Trinajstić information content (AvgIpc) is 2.92. The quantitative estimate of drug-likeness (QED) is 0.620. The van der Waals surface area contributed by atoms with Crippen LogP contribution in [0.3, 0.4) is 0 Å².